The third kappa shape index (κ3) is 2.70. The fraction of sp³-hybridized carbons (Fsp3) is 0.133. The van der Waals surface area contributed by atoms with Crippen LogP contribution in [0.15, 0.2) is 36.4 Å². The number of ketones is 1. The fourth-order valence-electron chi connectivity index (χ4n) is 1.81. The predicted octanol–water partition coefficient (Wildman–Crippen LogP) is 3.17. The van der Waals surface area contributed by atoms with Crippen LogP contribution in [0.2, 0.25) is 5.02 Å². The van der Waals surface area contributed by atoms with Crippen molar-refractivity contribution in [1.29, 1.82) is 0 Å². The molecule has 20 heavy (non-hydrogen) atoms. The first-order valence-corrected chi connectivity index (χ1v) is 6.26. The van der Waals surface area contributed by atoms with Gasteiger partial charge in [-0.25, -0.2) is 0 Å². The number of rotatable bonds is 4. The molecule has 0 aliphatic rings. The van der Waals surface area contributed by atoms with Gasteiger partial charge in [-0.05, 0) is 30.3 Å². The van der Waals surface area contributed by atoms with Crippen molar-refractivity contribution < 1.29 is 14.3 Å². The zero-order chi connectivity index (χ0) is 14.7. The van der Waals surface area contributed by atoms with Gasteiger partial charge in [0.05, 0.1) is 30.5 Å². The minimum Gasteiger partial charge on any atom is -0.497 e. The average Bonchev–Trinajstić information content (AvgIpc) is 2.48. The average molecular weight is 292 g/mol. The van der Waals surface area contributed by atoms with Crippen molar-refractivity contribution in [2.24, 2.45) is 0 Å². The SMILES string of the molecule is COc1ccc(C(=O)c2ccc(N)c(Cl)c2)c(OC)c1. The number of carbonyl (C=O) groups excluding carboxylic acids is 1. The number of methoxy groups -OCH3 is 2. The van der Waals surface area contributed by atoms with Crippen LogP contribution in [0.5, 0.6) is 11.5 Å². The standard InChI is InChI=1S/C15H14ClNO3/c1-19-10-4-5-11(14(8-10)20-2)15(18)9-3-6-13(17)12(16)7-9/h3-8H,17H2,1-2H3. The van der Waals surface area contributed by atoms with Gasteiger partial charge in [-0.1, -0.05) is 11.6 Å². The molecule has 0 amide bonds. The molecule has 0 aromatic heterocycles. The van der Waals surface area contributed by atoms with Crippen molar-refractivity contribution in [1.82, 2.24) is 0 Å². The number of ether oxygens (including phenoxy) is 2. The number of carbonyl (C=O) groups is 1. The minimum absolute atomic E-state index is 0.189. The van der Waals surface area contributed by atoms with Crippen molar-refractivity contribution >= 4 is 23.1 Å². The lowest BCUT2D eigenvalue weighted by atomic mass is 10.0. The number of halogens is 1. The lowest BCUT2D eigenvalue weighted by Gasteiger charge is -2.10. The monoisotopic (exact) mass is 291 g/mol. The Morgan fingerprint density at radius 3 is 2.45 bits per heavy atom. The summed E-state index contributed by atoms with van der Waals surface area (Å²) in [5.41, 5.74) is 6.96. The molecular formula is C15H14ClNO3. The van der Waals surface area contributed by atoms with Crippen molar-refractivity contribution in [3.8, 4) is 11.5 Å². The summed E-state index contributed by atoms with van der Waals surface area (Å²) < 4.78 is 10.3. The zero-order valence-electron chi connectivity index (χ0n) is 11.1. The van der Waals surface area contributed by atoms with E-state index in [-0.39, 0.29) is 5.78 Å². The molecule has 0 aliphatic carbocycles. The Morgan fingerprint density at radius 2 is 1.85 bits per heavy atom. The Bertz CT molecular complexity index is 656. The van der Waals surface area contributed by atoms with Crippen LogP contribution in [0.25, 0.3) is 0 Å². The predicted molar refractivity (Wildman–Crippen MR) is 78.8 cm³/mol. The summed E-state index contributed by atoms with van der Waals surface area (Å²) in [5.74, 6) is 0.877. The smallest absolute Gasteiger partial charge is 0.196 e. The highest BCUT2D eigenvalue weighted by Crippen LogP contribution is 2.28. The number of benzene rings is 2. The zero-order valence-corrected chi connectivity index (χ0v) is 11.9. The highest BCUT2D eigenvalue weighted by atomic mass is 35.5. The molecule has 2 aromatic carbocycles. The Kier molecular flexibility index (Phi) is 4.15. The summed E-state index contributed by atoms with van der Waals surface area (Å²) in [6.45, 7) is 0. The number of anilines is 1. The van der Waals surface area contributed by atoms with Gasteiger partial charge in [-0.2, -0.15) is 0 Å². The molecule has 0 atom stereocenters. The lowest BCUT2D eigenvalue weighted by Crippen LogP contribution is -2.04. The first-order chi connectivity index (χ1) is 9.56. The van der Waals surface area contributed by atoms with Crippen LogP contribution in [0, 0.1) is 0 Å². The molecule has 2 aromatic rings. The third-order valence-electron chi connectivity index (χ3n) is 2.92. The minimum atomic E-state index is -0.189. The summed E-state index contributed by atoms with van der Waals surface area (Å²) in [6, 6.07) is 9.80. The molecule has 0 unspecified atom stereocenters. The molecule has 0 radical (unpaired) electrons. The van der Waals surface area contributed by atoms with Crippen LogP contribution >= 0.6 is 11.6 Å². The first kappa shape index (κ1) is 14.2. The Labute approximate surface area is 122 Å². The van der Waals surface area contributed by atoms with Crippen LogP contribution in [0.4, 0.5) is 5.69 Å². The van der Waals surface area contributed by atoms with Crippen molar-refractivity contribution in [2.75, 3.05) is 20.0 Å². The van der Waals surface area contributed by atoms with Crippen LogP contribution in [-0.4, -0.2) is 20.0 Å². The molecular weight excluding hydrogens is 278 g/mol. The van der Waals surface area contributed by atoms with Gasteiger partial charge in [0.15, 0.2) is 5.78 Å². The van der Waals surface area contributed by atoms with Gasteiger partial charge in [-0.15, -0.1) is 0 Å². The van der Waals surface area contributed by atoms with E-state index in [1.807, 2.05) is 0 Å². The van der Waals surface area contributed by atoms with Crippen LogP contribution in [-0.2, 0) is 0 Å². The van der Waals surface area contributed by atoms with Crippen LogP contribution < -0.4 is 15.2 Å². The lowest BCUT2D eigenvalue weighted by molar-refractivity contribution is 0.103. The Hall–Kier alpha value is -2.20. The molecule has 2 rings (SSSR count). The summed E-state index contributed by atoms with van der Waals surface area (Å²) in [4.78, 5) is 12.5. The van der Waals surface area contributed by atoms with Crippen molar-refractivity contribution in [3.63, 3.8) is 0 Å². The number of hydrogen-bond donors (Lipinski definition) is 1. The summed E-state index contributed by atoms with van der Waals surface area (Å²) in [5, 5.41) is 0.350. The Morgan fingerprint density at radius 1 is 1.10 bits per heavy atom. The molecule has 0 heterocycles. The third-order valence-corrected chi connectivity index (χ3v) is 3.24. The molecule has 0 spiro atoms. The molecule has 104 valence electrons. The van der Waals surface area contributed by atoms with Crippen molar-refractivity contribution in [2.45, 2.75) is 0 Å². The number of nitrogen functional groups attached to an aromatic ring is 1. The second-order valence-corrected chi connectivity index (χ2v) is 4.54. The highest BCUT2D eigenvalue weighted by molar-refractivity contribution is 6.33. The Balaban J connectivity index is 2.44. The second-order valence-electron chi connectivity index (χ2n) is 4.13. The van der Waals surface area contributed by atoms with Crippen LogP contribution in [0.3, 0.4) is 0 Å². The van der Waals surface area contributed by atoms with E-state index in [0.717, 1.165) is 0 Å². The highest BCUT2D eigenvalue weighted by Gasteiger charge is 2.16. The molecule has 2 N–H and O–H groups in total. The fourth-order valence-corrected chi connectivity index (χ4v) is 1.99. The number of hydrogen-bond acceptors (Lipinski definition) is 4. The van der Waals surface area contributed by atoms with E-state index in [4.69, 9.17) is 26.8 Å². The molecule has 0 saturated heterocycles. The van der Waals surface area contributed by atoms with Crippen LogP contribution in [0.1, 0.15) is 15.9 Å². The summed E-state index contributed by atoms with van der Waals surface area (Å²) in [7, 11) is 3.05. The van der Waals surface area contributed by atoms with Gasteiger partial charge in [-0.3, -0.25) is 4.79 Å². The van der Waals surface area contributed by atoms with E-state index in [1.54, 1.807) is 43.5 Å². The molecule has 0 fully saturated rings. The largest absolute Gasteiger partial charge is 0.497 e. The van der Waals surface area contributed by atoms with Gasteiger partial charge >= 0.3 is 0 Å². The molecule has 0 bridgehead atoms. The normalized spacial score (nSPS) is 10.2. The summed E-state index contributed by atoms with van der Waals surface area (Å²) in [6.07, 6.45) is 0. The topological polar surface area (TPSA) is 61.5 Å². The van der Waals surface area contributed by atoms with E-state index in [9.17, 15) is 4.79 Å². The number of nitrogens with two attached hydrogens (primary N) is 1. The quantitative estimate of drug-likeness (QED) is 0.694. The van der Waals surface area contributed by atoms with Gasteiger partial charge in [0.2, 0.25) is 0 Å². The molecule has 4 nitrogen and oxygen atoms in total. The van der Waals surface area contributed by atoms with Crippen molar-refractivity contribution in [3.05, 3.63) is 52.5 Å². The maximum Gasteiger partial charge on any atom is 0.196 e. The van der Waals surface area contributed by atoms with Gasteiger partial charge in [0, 0.05) is 11.6 Å². The van der Waals surface area contributed by atoms with E-state index >= 15 is 0 Å². The van der Waals surface area contributed by atoms with Gasteiger partial charge < -0.3 is 15.2 Å². The molecule has 0 saturated carbocycles. The first-order valence-electron chi connectivity index (χ1n) is 5.88. The van der Waals surface area contributed by atoms with E-state index in [2.05, 4.69) is 0 Å². The van der Waals surface area contributed by atoms with E-state index < -0.39 is 0 Å². The van der Waals surface area contributed by atoms with Gasteiger partial charge in [0.1, 0.15) is 11.5 Å². The second kappa shape index (κ2) is 5.84. The van der Waals surface area contributed by atoms with E-state index in [1.165, 1.54) is 7.11 Å². The molecule has 0 aliphatic heterocycles. The maximum atomic E-state index is 12.5. The summed E-state index contributed by atoms with van der Waals surface area (Å²) >= 11 is 5.94. The maximum absolute atomic E-state index is 12.5. The molecule has 5 heteroatoms. The van der Waals surface area contributed by atoms with Gasteiger partial charge in [0.25, 0.3) is 0 Å². The van der Waals surface area contributed by atoms with E-state index in [0.29, 0.717) is 33.3 Å².